The van der Waals surface area contributed by atoms with Crippen LogP contribution in [0.1, 0.15) is 80.1 Å². The van der Waals surface area contributed by atoms with Crippen molar-refractivity contribution >= 4 is 61.7 Å². The minimum absolute atomic E-state index is 0.0823. The molecule has 86 heavy (non-hydrogen) atoms. The molecule has 0 unspecified atom stereocenters. The lowest BCUT2D eigenvalue weighted by molar-refractivity contribution is -0.567. The third kappa shape index (κ3) is 8.73. The third-order valence-corrected chi connectivity index (χ3v) is 20.6. The van der Waals surface area contributed by atoms with Gasteiger partial charge in [-0.05, 0) is 125 Å². The fraction of sp³-hybridized carbons (Fsp3) is 0.100. The number of para-hydroxylation sites is 2. The number of hydrogen-bond acceptors (Lipinski definition) is 2. The maximum Gasteiger partial charge on any atom is 0.255 e. The normalized spacial score (nSPS) is 15.6. The molecule has 0 radical (unpaired) electrons. The number of nitrogens with zero attached hydrogens (tertiary/aromatic N) is 4. The highest BCUT2D eigenvalue weighted by molar-refractivity contribution is 7.20. The molecule has 15 rings (SSSR count). The average molecular weight is 1150 g/mol. The Kier molecular flexibility index (Phi) is 8.43. The quantitative estimate of drug-likeness (QED) is 0.0820. The van der Waals surface area contributed by atoms with Gasteiger partial charge in [0.15, 0.2) is 19.1 Å². The smallest absolute Gasteiger partial charge is 0.255 e. The molecule has 0 saturated heterocycles. The summed E-state index contributed by atoms with van der Waals surface area (Å²) >= 11 is 0. The van der Waals surface area contributed by atoms with Gasteiger partial charge in [0.2, 0.25) is 0 Å². The van der Waals surface area contributed by atoms with Crippen LogP contribution in [0, 0.1) is 0 Å². The number of rotatable bonds is 9. The Bertz CT molecular complexity index is 5910. The number of ether oxygens (including phenoxy) is 1. The van der Waals surface area contributed by atoms with Crippen LogP contribution in [0.2, 0.25) is 0 Å². The maximum absolute atomic E-state index is 9.93. The summed E-state index contributed by atoms with van der Waals surface area (Å²) in [6.07, 6.45) is 3.71. The van der Waals surface area contributed by atoms with Gasteiger partial charge in [-0.1, -0.05) is 247 Å². The van der Waals surface area contributed by atoms with E-state index in [4.69, 9.17) is 17.9 Å². The number of fused-ring (bicyclic) bond motifs is 10. The minimum atomic E-state index is -5.69. The molecule has 0 spiro atoms. The molecule has 0 fully saturated rings. The Morgan fingerprint density at radius 1 is 0.442 bits per heavy atom. The van der Waals surface area contributed by atoms with Gasteiger partial charge in [0.25, 0.3) is 6.33 Å². The second kappa shape index (κ2) is 20.6. The topological polar surface area (TPSA) is 35.9 Å². The fourth-order valence-electron chi connectivity index (χ4n) is 12.4. The third-order valence-electron chi connectivity index (χ3n) is 16.4. The number of imidazole rings is 1. The molecule has 4 heterocycles. The molecule has 3 aromatic heterocycles. The van der Waals surface area contributed by atoms with Crippen molar-refractivity contribution in [3.8, 4) is 73.2 Å². The van der Waals surface area contributed by atoms with Gasteiger partial charge in [-0.2, -0.15) is 9.13 Å². The zero-order valence-corrected chi connectivity index (χ0v) is 48.8. The van der Waals surface area contributed by atoms with Crippen molar-refractivity contribution in [1.29, 1.82) is 0 Å². The van der Waals surface area contributed by atoms with Crippen LogP contribution in [0.25, 0.3) is 94.5 Å². The first kappa shape index (κ1) is 35.2. The molecule has 6 heteroatoms. The molecule has 0 atom stereocenters. The summed E-state index contributed by atoms with van der Waals surface area (Å²) < 4.78 is 200. The maximum atomic E-state index is 9.93. The van der Waals surface area contributed by atoms with E-state index >= 15 is 0 Å². The molecular formula is C80H65N4OSi+. The first-order valence-electron chi connectivity index (χ1n) is 38.3. The van der Waals surface area contributed by atoms with Crippen molar-refractivity contribution in [2.45, 2.75) is 52.4 Å². The van der Waals surface area contributed by atoms with E-state index in [2.05, 4.69) is 43.5 Å². The summed E-state index contributed by atoms with van der Waals surface area (Å²) in [6.45, 7) is 12.6. The second-order valence-corrected chi connectivity index (χ2v) is 27.1. The lowest BCUT2D eigenvalue weighted by atomic mass is 9.82. The predicted molar refractivity (Wildman–Crippen MR) is 360 cm³/mol. The number of pyridine rings is 1. The first-order chi connectivity index (χ1) is 50.2. The zero-order valence-electron chi connectivity index (χ0n) is 67.8. The molecule has 14 aromatic rings. The van der Waals surface area contributed by atoms with Crippen LogP contribution >= 0.6 is 0 Å². The lowest BCUT2D eigenvalue weighted by Crippen LogP contribution is -2.74. The Hall–Kier alpha value is -10.1. The molecule has 1 aliphatic heterocycles. The van der Waals surface area contributed by atoms with E-state index < -0.39 is 150 Å². The van der Waals surface area contributed by atoms with Crippen molar-refractivity contribution in [1.82, 2.24) is 14.1 Å². The molecule has 11 aromatic carbocycles. The summed E-state index contributed by atoms with van der Waals surface area (Å²) in [5.41, 5.74) is 7.94. The van der Waals surface area contributed by atoms with Gasteiger partial charge in [0, 0.05) is 45.8 Å². The number of aromatic nitrogens is 4. The molecule has 0 bridgehead atoms. The van der Waals surface area contributed by atoms with Crippen molar-refractivity contribution in [2.24, 2.45) is 0 Å². The van der Waals surface area contributed by atoms with E-state index in [1.54, 1.807) is 24.3 Å². The van der Waals surface area contributed by atoms with Gasteiger partial charge < -0.3 is 4.74 Å². The van der Waals surface area contributed by atoms with Gasteiger partial charge in [-0.15, -0.1) is 0 Å². The predicted octanol–water partition coefficient (Wildman–Crippen LogP) is 17.1. The van der Waals surface area contributed by atoms with Gasteiger partial charge in [0.05, 0.1) is 38.4 Å². The molecule has 0 aliphatic carbocycles. The summed E-state index contributed by atoms with van der Waals surface area (Å²) in [6, 6.07) is 31.2. The highest BCUT2D eigenvalue weighted by Crippen LogP contribution is 2.47. The molecular weight excluding hydrogens is 1060 g/mol. The fourth-order valence-corrected chi connectivity index (χ4v) is 16.3. The molecule has 0 amide bonds. The standard InChI is InChI=1S/C80H65N4OSi/c1-79(2,3)56-45-46-81-76(49-56)84-73-40-22-21-37-67(73)68-43-41-59(51-74(68)84)85-58-28-23-27-57(50-58)82-53-83-77-69(38-24-39-72(77)80(4,5)6)70-52-63(86(60-29-13-8-14-30-60,61-31-15-9-16-32-61)62-33-17-10-18-34-62)42-44-66(70)64-35-19-20-36-65(64)71-47-55(48-75(82)78(71)83)54-25-11-7-12-26-54/h7-53H,1-6H3/q+1/i7D,8D,9D,10D,11D,12D,13D,14D,15D,16D,17D,18D,25D,26D,29D,30D,31D,32D,33D,34D. The minimum Gasteiger partial charge on any atom is -0.457 e. The van der Waals surface area contributed by atoms with Crippen molar-refractivity contribution < 1.29 is 36.7 Å². The lowest BCUT2D eigenvalue weighted by Gasteiger charge is -2.35. The van der Waals surface area contributed by atoms with Crippen LogP contribution in [0.3, 0.4) is 0 Å². The van der Waals surface area contributed by atoms with E-state index in [1.807, 2.05) is 146 Å². The largest absolute Gasteiger partial charge is 0.457 e. The summed E-state index contributed by atoms with van der Waals surface area (Å²) in [5, 5.41) is -0.0111. The average Bonchev–Trinajstić information content (AvgIpc) is 0.728. The summed E-state index contributed by atoms with van der Waals surface area (Å²) in [4.78, 5) is 4.89. The molecule has 0 saturated carbocycles. The summed E-state index contributed by atoms with van der Waals surface area (Å²) in [7, 11) is -5.69. The number of benzene rings is 11. The zero-order chi connectivity index (χ0) is 75.7. The van der Waals surface area contributed by atoms with Crippen molar-refractivity contribution in [3.05, 3.63) is 296 Å². The van der Waals surface area contributed by atoms with Crippen LogP contribution in [-0.4, -0.2) is 22.2 Å². The monoisotopic (exact) mass is 1150 g/mol. The van der Waals surface area contributed by atoms with Crippen LogP contribution < -0.4 is 30.1 Å². The first-order valence-corrected chi connectivity index (χ1v) is 30.3. The van der Waals surface area contributed by atoms with Crippen molar-refractivity contribution in [3.63, 3.8) is 0 Å². The highest BCUT2D eigenvalue weighted by atomic mass is 28.3. The SMILES string of the molecule is [2H]c1c([2H])c([2H])c(-c2cc3c4c(c2)n(-c2cccc(Oc5ccc6c7ccccc7n(-c7cc(C(C)(C)C)ccn7)c6c5)c2)c[n+]4-c2c(cccc2C(C)(C)C)-c2cc([Si](c4c([2H])c([2H])c([2H])c([2H])c4[2H])(c4c([2H])c([2H])c([2H])c([2H])c4[2H])c4c([2H])c([2H])c([2H])c([2H])c4[2H])ccc2-c2ccccc2-3)c([2H])c1[2H]. The van der Waals surface area contributed by atoms with E-state index in [9.17, 15) is 19.2 Å². The van der Waals surface area contributed by atoms with Crippen LogP contribution in [0.15, 0.2) is 285 Å². The Morgan fingerprint density at radius 2 is 1.05 bits per heavy atom. The van der Waals surface area contributed by atoms with Gasteiger partial charge in [0.1, 0.15) is 28.7 Å². The molecule has 414 valence electrons. The van der Waals surface area contributed by atoms with E-state index in [-0.39, 0.29) is 21.7 Å². The Labute approximate surface area is 532 Å². The highest BCUT2D eigenvalue weighted by Gasteiger charge is 2.43. The molecule has 1 aliphatic rings. The number of hydrogen-bond donors (Lipinski definition) is 0. The van der Waals surface area contributed by atoms with E-state index in [0.717, 1.165) is 38.8 Å². The van der Waals surface area contributed by atoms with Crippen molar-refractivity contribution in [2.75, 3.05) is 0 Å². The van der Waals surface area contributed by atoms with E-state index in [1.165, 1.54) is 6.07 Å². The second-order valence-electron chi connectivity index (χ2n) is 23.5. The Balaban J connectivity index is 1.06. The van der Waals surface area contributed by atoms with Gasteiger partial charge in [-0.25, -0.2) is 4.98 Å². The van der Waals surface area contributed by atoms with Crippen LogP contribution in [0.5, 0.6) is 11.5 Å². The van der Waals surface area contributed by atoms with Crippen LogP contribution in [-0.2, 0) is 10.8 Å². The molecule has 0 N–H and O–H groups in total. The molecule has 5 nitrogen and oxygen atoms in total. The van der Waals surface area contributed by atoms with Crippen LogP contribution in [0.4, 0.5) is 0 Å². The van der Waals surface area contributed by atoms with Gasteiger partial charge >= 0.3 is 0 Å². The summed E-state index contributed by atoms with van der Waals surface area (Å²) in [5.74, 6) is 1.67. The van der Waals surface area contributed by atoms with E-state index in [0.29, 0.717) is 67.3 Å². The van der Waals surface area contributed by atoms with Gasteiger partial charge in [-0.3, -0.25) is 4.57 Å². The Morgan fingerprint density at radius 3 is 1.73 bits per heavy atom.